The quantitative estimate of drug-likeness (QED) is 0.253. The first-order valence-electron chi connectivity index (χ1n) is 10.1. The second-order valence-electron chi connectivity index (χ2n) is 7.65. The van der Waals surface area contributed by atoms with Crippen molar-refractivity contribution in [2.75, 3.05) is 19.4 Å². The van der Waals surface area contributed by atoms with E-state index in [0.29, 0.717) is 34.3 Å². The van der Waals surface area contributed by atoms with E-state index in [2.05, 4.69) is 15.3 Å². The van der Waals surface area contributed by atoms with Crippen molar-refractivity contribution in [3.05, 3.63) is 99.5 Å². The van der Waals surface area contributed by atoms with Crippen LogP contribution in [-0.4, -0.2) is 45.6 Å². The van der Waals surface area contributed by atoms with Crippen LogP contribution in [0.15, 0.2) is 67.0 Å². The second kappa shape index (κ2) is 8.91. The fraction of sp³-hybridized carbons (Fsp3) is 0.125. The summed E-state index contributed by atoms with van der Waals surface area (Å²) in [4.78, 5) is 45.0. The Kier molecular flexibility index (Phi) is 5.86. The zero-order chi connectivity index (χ0) is 23.5. The Hall–Kier alpha value is -4.53. The highest BCUT2D eigenvalue weighted by atomic mass is 16.6. The van der Waals surface area contributed by atoms with Crippen molar-refractivity contribution < 1.29 is 14.5 Å². The van der Waals surface area contributed by atoms with Crippen LogP contribution in [-0.2, 0) is 6.54 Å². The summed E-state index contributed by atoms with van der Waals surface area (Å²) in [6, 6.07) is 15.8. The summed E-state index contributed by atoms with van der Waals surface area (Å²) < 4.78 is 0. The molecule has 2 N–H and O–H groups in total. The number of para-hydroxylation sites is 1. The number of nitro groups is 1. The summed E-state index contributed by atoms with van der Waals surface area (Å²) in [7, 11) is 3.27. The number of anilines is 1. The average molecular weight is 443 g/mol. The minimum absolute atomic E-state index is 0.110. The molecule has 0 aliphatic heterocycles. The Balaban J connectivity index is 1.60. The predicted molar refractivity (Wildman–Crippen MR) is 124 cm³/mol. The van der Waals surface area contributed by atoms with Crippen LogP contribution in [0.5, 0.6) is 0 Å². The largest absolute Gasteiger partial charge is 0.375 e. The lowest BCUT2D eigenvalue weighted by Gasteiger charge is -2.11. The maximum Gasteiger partial charge on any atom is 0.310 e. The molecule has 2 heterocycles. The molecule has 0 atom stereocenters. The number of carbonyl (C=O) groups is 2. The standard InChI is InChI=1S/C24H21N5O4/c1-28(2)24(31)22-21(17-5-3-4-6-18(17)27-22)23(30)16-9-7-15(8-10-16)13-26-19-11-12-25-14-20(19)29(32)33/h3-12,14,27H,13H2,1-2H3,(H,25,26). The molecule has 2 aromatic heterocycles. The van der Waals surface area contributed by atoms with Crippen LogP contribution in [0.3, 0.4) is 0 Å². The summed E-state index contributed by atoms with van der Waals surface area (Å²) >= 11 is 0. The molecule has 0 saturated heterocycles. The zero-order valence-electron chi connectivity index (χ0n) is 18.0. The zero-order valence-corrected chi connectivity index (χ0v) is 18.0. The fourth-order valence-electron chi connectivity index (χ4n) is 3.56. The number of carbonyl (C=O) groups excluding carboxylic acids is 2. The number of hydrogen-bond donors (Lipinski definition) is 2. The van der Waals surface area contributed by atoms with E-state index >= 15 is 0 Å². The van der Waals surface area contributed by atoms with Gasteiger partial charge in [-0.25, -0.2) is 0 Å². The number of nitrogens with one attached hydrogen (secondary N) is 2. The number of nitrogens with zero attached hydrogens (tertiary/aromatic N) is 3. The van der Waals surface area contributed by atoms with Gasteiger partial charge in [0, 0.05) is 43.3 Å². The van der Waals surface area contributed by atoms with Gasteiger partial charge >= 0.3 is 5.69 Å². The third-order valence-corrected chi connectivity index (χ3v) is 5.25. The van der Waals surface area contributed by atoms with Crippen LogP contribution >= 0.6 is 0 Å². The van der Waals surface area contributed by atoms with Gasteiger partial charge in [-0.2, -0.15) is 0 Å². The monoisotopic (exact) mass is 443 g/mol. The molecule has 0 aliphatic rings. The van der Waals surface area contributed by atoms with E-state index in [1.54, 1.807) is 38.4 Å². The van der Waals surface area contributed by atoms with Crippen molar-refractivity contribution >= 4 is 34.0 Å². The van der Waals surface area contributed by atoms with Crippen LogP contribution in [0.1, 0.15) is 32.0 Å². The van der Waals surface area contributed by atoms with E-state index in [-0.39, 0.29) is 23.1 Å². The van der Waals surface area contributed by atoms with Gasteiger partial charge in [-0.05, 0) is 17.7 Å². The molecule has 33 heavy (non-hydrogen) atoms. The maximum absolute atomic E-state index is 13.4. The van der Waals surface area contributed by atoms with Crippen molar-refractivity contribution in [3.63, 3.8) is 0 Å². The lowest BCUT2D eigenvalue weighted by atomic mass is 9.98. The molecule has 0 aliphatic carbocycles. The van der Waals surface area contributed by atoms with Gasteiger partial charge in [-0.3, -0.25) is 24.7 Å². The molecule has 9 heteroatoms. The van der Waals surface area contributed by atoms with Crippen molar-refractivity contribution in [2.24, 2.45) is 0 Å². The maximum atomic E-state index is 13.4. The predicted octanol–water partition coefficient (Wildman–Crippen LogP) is 4.02. The van der Waals surface area contributed by atoms with Gasteiger partial charge in [0.15, 0.2) is 5.78 Å². The van der Waals surface area contributed by atoms with Crippen LogP contribution in [0.25, 0.3) is 10.9 Å². The highest BCUT2D eigenvalue weighted by Crippen LogP contribution is 2.27. The van der Waals surface area contributed by atoms with Gasteiger partial charge in [-0.1, -0.05) is 42.5 Å². The molecule has 4 aromatic rings. The molecule has 166 valence electrons. The van der Waals surface area contributed by atoms with Crippen LogP contribution in [0.4, 0.5) is 11.4 Å². The Labute approximate surface area is 189 Å². The highest BCUT2D eigenvalue weighted by Gasteiger charge is 2.25. The first kappa shape index (κ1) is 21.7. The Morgan fingerprint density at radius 2 is 1.82 bits per heavy atom. The van der Waals surface area contributed by atoms with E-state index in [0.717, 1.165) is 5.56 Å². The number of aromatic amines is 1. The van der Waals surface area contributed by atoms with Crippen LogP contribution in [0.2, 0.25) is 0 Å². The van der Waals surface area contributed by atoms with Crippen molar-refractivity contribution in [3.8, 4) is 0 Å². The molecule has 1 amide bonds. The molecule has 0 bridgehead atoms. The SMILES string of the molecule is CN(C)C(=O)c1[nH]c2ccccc2c1C(=O)c1ccc(CNc2ccncc2[N+](=O)[O-])cc1. The third kappa shape index (κ3) is 4.29. The van der Waals surface area contributed by atoms with E-state index in [1.165, 1.54) is 23.4 Å². The summed E-state index contributed by atoms with van der Waals surface area (Å²) in [6.45, 7) is 0.330. The lowest BCUT2D eigenvalue weighted by Crippen LogP contribution is -2.24. The Morgan fingerprint density at radius 3 is 2.52 bits per heavy atom. The first-order valence-corrected chi connectivity index (χ1v) is 10.1. The van der Waals surface area contributed by atoms with E-state index < -0.39 is 4.92 Å². The highest BCUT2D eigenvalue weighted by molar-refractivity contribution is 6.21. The summed E-state index contributed by atoms with van der Waals surface area (Å²) in [5.74, 6) is -0.545. The van der Waals surface area contributed by atoms with Gasteiger partial charge in [0.25, 0.3) is 5.91 Å². The average Bonchev–Trinajstić information content (AvgIpc) is 3.21. The van der Waals surface area contributed by atoms with E-state index in [4.69, 9.17) is 0 Å². The Morgan fingerprint density at radius 1 is 1.09 bits per heavy atom. The van der Waals surface area contributed by atoms with Gasteiger partial charge < -0.3 is 15.2 Å². The van der Waals surface area contributed by atoms with Gasteiger partial charge in [0.1, 0.15) is 17.6 Å². The smallest absolute Gasteiger partial charge is 0.310 e. The van der Waals surface area contributed by atoms with Crippen LogP contribution < -0.4 is 5.32 Å². The van der Waals surface area contributed by atoms with E-state index in [1.807, 2.05) is 24.3 Å². The number of aromatic nitrogens is 2. The van der Waals surface area contributed by atoms with Crippen molar-refractivity contribution in [1.29, 1.82) is 0 Å². The molecule has 9 nitrogen and oxygen atoms in total. The van der Waals surface area contributed by atoms with Crippen molar-refractivity contribution in [1.82, 2.24) is 14.9 Å². The first-order chi connectivity index (χ1) is 15.9. The summed E-state index contributed by atoms with van der Waals surface area (Å²) in [5.41, 5.74) is 2.82. The van der Waals surface area contributed by atoms with Crippen molar-refractivity contribution in [2.45, 2.75) is 6.54 Å². The minimum Gasteiger partial charge on any atom is -0.375 e. The molecule has 0 radical (unpaired) electrons. The molecule has 0 saturated carbocycles. The van der Waals surface area contributed by atoms with Gasteiger partial charge in [-0.15, -0.1) is 0 Å². The lowest BCUT2D eigenvalue weighted by molar-refractivity contribution is -0.384. The number of H-pyrrole nitrogens is 1. The topological polar surface area (TPSA) is 121 Å². The molecule has 0 unspecified atom stereocenters. The summed E-state index contributed by atoms with van der Waals surface area (Å²) in [6.07, 6.45) is 2.67. The van der Waals surface area contributed by atoms with E-state index in [9.17, 15) is 19.7 Å². The number of pyridine rings is 1. The molecular weight excluding hydrogens is 422 g/mol. The third-order valence-electron chi connectivity index (χ3n) is 5.25. The Bertz CT molecular complexity index is 1360. The second-order valence-corrected chi connectivity index (χ2v) is 7.65. The number of ketones is 1. The number of benzene rings is 2. The number of amides is 1. The van der Waals surface area contributed by atoms with Crippen LogP contribution in [0, 0.1) is 10.1 Å². The van der Waals surface area contributed by atoms with Gasteiger partial charge in [0.2, 0.25) is 0 Å². The molecule has 0 spiro atoms. The minimum atomic E-state index is -0.495. The number of hydrogen-bond acceptors (Lipinski definition) is 6. The number of rotatable bonds is 7. The molecule has 2 aromatic carbocycles. The molecular formula is C24H21N5O4. The summed E-state index contributed by atoms with van der Waals surface area (Å²) in [5, 5.41) is 14.8. The number of fused-ring (bicyclic) bond motifs is 1. The molecule has 0 fully saturated rings. The van der Waals surface area contributed by atoms with Gasteiger partial charge in [0.05, 0.1) is 10.5 Å². The fourth-order valence-corrected chi connectivity index (χ4v) is 3.56. The molecule has 4 rings (SSSR count). The normalized spacial score (nSPS) is 10.7.